The second kappa shape index (κ2) is 4.32. The van der Waals surface area contributed by atoms with Gasteiger partial charge in [0.25, 0.3) is 0 Å². The monoisotopic (exact) mass is 270 g/mol. The summed E-state index contributed by atoms with van der Waals surface area (Å²) in [7, 11) is 0. The minimum Gasteiger partial charge on any atom is -0.295 e. The Morgan fingerprint density at radius 3 is 2.90 bits per heavy atom. The fourth-order valence-corrected chi connectivity index (χ4v) is 5.97. The molecule has 4 rings (SSSR count). The Hall–Kier alpha value is -0.850. The molecule has 4 aliphatic carbocycles. The van der Waals surface area contributed by atoms with E-state index in [-0.39, 0.29) is 0 Å². The van der Waals surface area contributed by atoms with Gasteiger partial charge in [-0.1, -0.05) is 25.0 Å². The summed E-state index contributed by atoms with van der Waals surface area (Å²) in [5, 5.41) is 0. The van der Waals surface area contributed by atoms with Crippen LogP contribution in [0.15, 0.2) is 23.3 Å². The molecule has 0 radical (unpaired) electrons. The fraction of sp³-hybridized carbons (Fsp3) is 0.737. The number of fused-ring (bicyclic) bond motifs is 5. The van der Waals surface area contributed by atoms with Crippen molar-refractivity contribution in [2.24, 2.45) is 29.1 Å². The molecule has 0 aromatic heterocycles. The summed E-state index contributed by atoms with van der Waals surface area (Å²) in [6.07, 6.45) is 13.5. The maximum atomic E-state index is 11.8. The largest absolute Gasteiger partial charge is 0.295 e. The van der Waals surface area contributed by atoms with E-state index in [0.717, 1.165) is 30.6 Å². The van der Waals surface area contributed by atoms with E-state index < -0.39 is 0 Å². The molecule has 0 aliphatic heterocycles. The summed E-state index contributed by atoms with van der Waals surface area (Å²) < 4.78 is 0. The van der Waals surface area contributed by atoms with Gasteiger partial charge in [-0.2, -0.15) is 0 Å². The smallest absolute Gasteiger partial charge is 0.156 e. The molecule has 0 bridgehead atoms. The number of carbonyl (C=O) groups excluding carboxylic acids is 1. The zero-order valence-electron chi connectivity index (χ0n) is 12.8. The Labute approximate surface area is 122 Å². The van der Waals surface area contributed by atoms with Crippen LogP contribution >= 0.6 is 0 Å². The highest BCUT2D eigenvalue weighted by atomic mass is 16.1. The first-order valence-electron chi connectivity index (χ1n) is 8.52. The Bertz CT molecular complexity index is 512. The van der Waals surface area contributed by atoms with Crippen LogP contribution in [0.25, 0.3) is 0 Å². The molecule has 2 saturated carbocycles. The van der Waals surface area contributed by atoms with Gasteiger partial charge in [-0.15, -0.1) is 0 Å². The number of allylic oxidation sites excluding steroid dienone is 4. The van der Waals surface area contributed by atoms with Gasteiger partial charge in [0.15, 0.2) is 5.78 Å². The normalized spacial score (nSPS) is 47.0. The standard InChI is InChI=1S/C19H26O/c1-12-10-17-15(14-6-5-13(20)11-16(12)14)7-9-19(2)8-3-4-18(17)19/h10-11,14-15,17-18H,3-9H2,1-2H3/t14-,15-,17-,18+,19+/m1/s1. The van der Waals surface area contributed by atoms with E-state index in [0.29, 0.717) is 17.1 Å². The highest BCUT2D eigenvalue weighted by molar-refractivity contribution is 5.92. The van der Waals surface area contributed by atoms with Crippen LogP contribution in [0, 0.1) is 29.1 Å². The number of hydrogen-bond acceptors (Lipinski definition) is 1. The summed E-state index contributed by atoms with van der Waals surface area (Å²) in [6.45, 7) is 4.79. The Balaban J connectivity index is 1.75. The van der Waals surface area contributed by atoms with Crippen LogP contribution in [0.2, 0.25) is 0 Å². The molecule has 2 fully saturated rings. The van der Waals surface area contributed by atoms with Crippen molar-refractivity contribution in [3.63, 3.8) is 0 Å². The molecule has 0 heterocycles. The van der Waals surface area contributed by atoms with Crippen molar-refractivity contribution in [2.45, 2.75) is 58.8 Å². The average molecular weight is 270 g/mol. The van der Waals surface area contributed by atoms with Crippen LogP contribution in [0.4, 0.5) is 0 Å². The van der Waals surface area contributed by atoms with E-state index in [1.807, 2.05) is 6.08 Å². The van der Waals surface area contributed by atoms with Crippen LogP contribution in [-0.4, -0.2) is 5.78 Å². The number of ketones is 1. The molecule has 0 saturated heterocycles. The van der Waals surface area contributed by atoms with E-state index >= 15 is 0 Å². The fourth-order valence-electron chi connectivity index (χ4n) is 5.97. The van der Waals surface area contributed by atoms with Gasteiger partial charge in [0, 0.05) is 6.42 Å². The van der Waals surface area contributed by atoms with E-state index in [1.165, 1.54) is 43.3 Å². The van der Waals surface area contributed by atoms with Crippen molar-refractivity contribution in [2.75, 3.05) is 0 Å². The lowest BCUT2D eigenvalue weighted by Crippen LogP contribution is -2.43. The SMILES string of the molecule is CC1=C[C@@H]2[C@H](CC[C@]3(C)CCC[C@@H]23)[C@H]2CCC(=O)C=C12. The van der Waals surface area contributed by atoms with Crippen LogP contribution < -0.4 is 0 Å². The van der Waals surface area contributed by atoms with Gasteiger partial charge in [0.05, 0.1) is 0 Å². The molecule has 0 unspecified atom stereocenters. The molecule has 0 spiro atoms. The van der Waals surface area contributed by atoms with Gasteiger partial charge >= 0.3 is 0 Å². The highest BCUT2D eigenvalue weighted by Gasteiger charge is 2.51. The van der Waals surface area contributed by atoms with Gasteiger partial charge in [0.1, 0.15) is 0 Å². The first kappa shape index (κ1) is 12.9. The molecule has 1 heteroatoms. The van der Waals surface area contributed by atoms with Gasteiger partial charge < -0.3 is 0 Å². The van der Waals surface area contributed by atoms with Crippen molar-refractivity contribution in [3.05, 3.63) is 23.3 Å². The maximum Gasteiger partial charge on any atom is 0.156 e. The summed E-state index contributed by atoms with van der Waals surface area (Å²) >= 11 is 0. The van der Waals surface area contributed by atoms with Crippen molar-refractivity contribution in [1.29, 1.82) is 0 Å². The zero-order valence-corrected chi connectivity index (χ0v) is 12.8. The zero-order chi connectivity index (χ0) is 13.9. The van der Waals surface area contributed by atoms with E-state index in [4.69, 9.17) is 0 Å². The van der Waals surface area contributed by atoms with Crippen LogP contribution in [0.5, 0.6) is 0 Å². The summed E-state index contributed by atoms with van der Waals surface area (Å²) in [4.78, 5) is 11.8. The van der Waals surface area contributed by atoms with Crippen LogP contribution in [0.3, 0.4) is 0 Å². The Morgan fingerprint density at radius 1 is 1.20 bits per heavy atom. The maximum absolute atomic E-state index is 11.8. The molecular formula is C19H26O. The van der Waals surface area contributed by atoms with Gasteiger partial charge in [0.2, 0.25) is 0 Å². The highest BCUT2D eigenvalue weighted by Crippen LogP contribution is 2.60. The van der Waals surface area contributed by atoms with E-state index in [1.54, 1.807) is 0 Å². The molecule has 1 nitrogen and oxygen atoms in total. The molecule has 5 atom stereocenters. The molecular weight excluding hydrogens is 244 g/mol. The number of hydrogen-bond donors (Lipinski definition) is 0. The summed E-state index contributed by atoms with van der Waals surface area (Å²) in [6, 6.07) is 0. The van der Waals surface area contributed by atoms with Gasteiger partial charge in [-0.3, -0.25) is 4.79 Å². The first-order valence-corrected chi connectivity index (χ1v) is 8.52. The quantitative estimate of drug-likeness (QED) is 0.624. The lowest BCUT2D eigenvalue weighted by Gasteiger charge is -2.51. The molecule has 20 heavy (non-hydrogen) atoms. The van der Waals surface area contributed by atoms with E-state index in [2.05, 4.69) is 19.9 Å². The molecule has 0 amide bonds. The number of rotatable bonds is 0. The summed E-state index contributed by atoms with van der Waals surface area (Å²) in [5.74, 6) is 3.58. The van der Waals surface area contributed by atoms with Crippen molar-refractivity contribution in [1.82, 2.24) is 0 Å². The predicted molar refractivity (Wildman–Crippen MR) is 81.2 cm³/mol. The van der Waals surface area contributed by atoms with E-state index in [9.17, 15) is 4.79 Å². The van der Waals surface area contributed by atoms with Crippen LogP contribution in [0.1, 0.15) is 58.8 Å². The lowest BCUT2D eigenvalue weighted by atomic mass is 9.53. The third kappa shape index (κ3) is 1.71. The lowest BCUT2D eigenvalue weighted by molar-refractivity contribution is -0.115. The molecule has 0 aromatic carbocycles. The Kier molecular flexibility index (Phi) is 2.78. The second-order valence-electron chi connectivity index (χ2n) is 7.99. The third-order valence-corrected chi connectivity index (χ3v) is 7.00. The summed E-state index contributed by atoms with van der Waals surface area (Å²) in [5.41, 5.74) is 3.42. The molecule has 4 aliphatic rings. The first-order chi connectivity index (χ1) is 9.58. The number of carbonyl (C=O) groups is 1. The minimum absolute atomic E-state index is 0.351. The molecule has 108 valence electrons. The Morgan fingerprint density at radius 2 is 2.05 bits per heavy atom. The third-order valence-electron chi connectivity index (χ3n) is 7.00. The molecule has 0 aromatic rings. The van der Waals surface area contributed by atoms with Crippen LogP contribution in [-0.2, 0) is 4.79 Å². The molecule has 0 N–H and O–H groups in total. The van der Waals surface area contributed by atoms with Crippen molar-refractivity contribution >= 4 is 5.78 Å². The van der Waals surface area contributed by atoms with Crippen molar-refractivity contribution < 1.29 is 4.79 Å². The average Bonchev–Trinajstić information content (AvgIpc) is 2.81. The van der Waals surface area contributed by atoms with Gasteiger partial charge in [-0.25, -0.2) is 0 Å². The minimum atomic E-state index is 0.351. The van der Waals surface area contributed by atoms with Gasteiger partial charge in [-0.05, 0) is 79.8 Å². The van der Waals surface area contributed by atoms with Crippen molar-refractivity contribution in [3.8, 4) is 0 Å². The predicted octanol–water partition coefficient (Wildman–Crippen LogP) is 4.68. The second-order valence-corrected chi connectivity index (χ2v) is 7.99. The topological polar surface area (TPSA) is 17.1 Å².